The standard InChI is InChI=1S/C25H26N4O2S/c1-2-4-22-20(3-1)25(17(13-30-22)10-19-12-27-15-29-19)31-24-16(9-18-11-26-14-28-18)5-6-23-21(24)7-8-32-23/h1-4,7-8,11-12,14-17,24-25H,5-6,9-10,13H2,(H,26,28)(H,27,29). The van der Waals surface area contributed by atoms with Gasteiger partial charge in [-0.1, -0.05) is 18.2 Å². The number of thiophene rings is 1. The second-order valence-corrected chi connectivity index (χ2v) is 9.75. The number of benzene rings is 1. The van der Waals surface area contributed by atoms with Crippen LogP contribution in [0, 0.1) is 11.8 Å². The Morgan fingerprint density at radius 1 is 0.938 bits per heavy atom. The second-order valence-electron chi connectivity index (χ2n) is 8.75. The molecule has 1 aliphatic heterocycles. The van der Waals surface area contributed by atoms with Crippen LogP contribution in [0.5, 0.6) is 5.75 Å². The molecular formula is C25H26N4O2S. The van der Waals surface area contributed by atoms with Gasteiger partial charge in [-0.15, -0.1) is 11.3 Å². The zero-order valence-corrected chi connectivity index (χ0v) is 18.6. The first-order chi connectivity index (χ1) is 15.8. The quantitative estimate of drug-likeness (QED) is 0.435. The minimum absolute atomic E-state index is 0.0385. The number of ether oxygens (including phenoxy) is 2. The molecule has 0 bridgehead atoms. The molecule has 3 aromatic heterocycles. The highest BCUT2D eigenvalue weighted by Crippen LogP contribution is 2.47. The number of hydrogen-bond acceptors (Lipinski definition) is 5. The van der Waals surface area contributed by atoms with Crippen molar-refractivity contribution in [3.63, 3.8) is 0 Å². The van der Waals surface area contributed by atoms with Gasteiger partial charge in [-0.25, -0.2) is 9.97 Å². The molecule has 0 amide bonds. The average Bonchev–Trinajstić information content (AvgIpc) is 3.59. The van der Waals surface area contributed by atoms with Crippen LogP contribution >= 0.6 is 11.3 Å². The van der Waals surface area contributed by atoms with Gasteiger partial charge in [0.2, 0.25) is 0 Å². The van der Waals surface area contributed by atoms with Crippen LogP contribution in [0.2, 0.25) is 0 Å². The summed E-state index contributed by atoms with van der Waals surface area (Å²) in [6.07, 6.45) is 11.4. The Kier molecular flexibility index (Phi) is 5.29. The number of aryl methyl sites for hydroxylation is 1. The SMILES string of the molecule is c1ccc2c(c1)OCC(Cc1cnc[nH]1)C2OC1c2ccsc2CCC1Cc1cnc[nH]1. The van der Waals surface area contributed by atoms with Crippen molar-refractivity contribution in [1.29, 1.82) is 0 Å². The Labute approximate surface area is 191 Å². The molecule has 0 spiro atoms. The number of para-hydroxylation sites is 1. The summed E-state index contributed by atoms with van der Waals surface area (Å²) in [5.74, 6) is 1.55. The first-order valence-electron chi connectivity index (χ1n) is 11.2. The van der Waals surface area contributed by atoms with Crippen molar-refractivity contribution in [3.05, 3.63) is 88.2 Å². The number of nitrogens with zero attached hydrogens (tertiary/aromatic N) is 2. The maximum absolute atomic E-state index is 7.12. The van der Waals surface area contributed by atoms with E-state index < -0.39 is 0 Å². The van der Waals surface area contributed by atoms with Crippen LogP contribution in [0.1, 0.15) is 46.0 Å². The molecule has 4 atom stereocenters. The molecule has 0 radical (unpaired) electrons. The number of H-pyrrole nitrogens is 2. The van der Waals surface area contributed by atoms with Gasteiger partial charge in [-0.3, -0.25) is 0 Å². The molecule has 32 heavy (non-hydrogen) atoms. The number of nitrogens with one attached hydrogen (secondary N) is 2. The summed E-state index contributed by atoms with van der Waals surface area (Å²) in [4.78, 5) is 16.4. The lowest BCUT2D eigenvalue weighted by Crippen LogP contribution is -2.33. The molecule has 6 rings (SSSR count). The third kappa shape index (κ3) is 3.76. The van der Waals surface area contributed by atoms with Crippen LogP contribution in [0.15, 0.2) is 60.8 Å². The Hall–Kier alpha value is -2.90. The van der Waals surface area contributed by atoms with Crippen LogP contribution in [0.25, 0.3) is 0 Å². The molecular weight excluding hydrogens is 420 g/mol. The number of fused-ring (bicyclic) bond motifs is 2. The van der Waals surface area contributed by atoms with E-state index in [9.17, 15) is 0 Å². The zero-order valence-electron chi connectivity index (χ0n) is 17.7. The highest BCUT2D eigenvalue weighted by atomic mass is 32.1. The van der Waals surface area contributed by atoms with E-state index in [1.807, 2.05) is 29.8 Å². The van der Waals surface area contributed by atoms with Gasteiger partial charge in [0.15, 0.2) is 0 Å². The summed E-state index contributed by atoms with van der Waals surface area (Å²) in [6, 6.07) is 10.6. The van der Waals surface area contributed by atoms with Gasteiger partial charge in [0.25, 0.3) is 0 Å². The van der Waals surface area contributed by atoms with Crippen molar-refractivity contribution in [2.24, 2.45) is 11.8 Å². The summed E-state index contributed by atoms with van der Waals surface area (Å²) < 4.78 is 13.3. The van der Waals surface area contributed by atoms with E-state index in [0.717, 1.165) is 42.7 Å². The molecule has 1 aromatic carbocycles. The summed E-state index contributed by atoms with van der Waals surface area (Å²) in [6.45, 7) is 0.634. The highest BCUT2D eigenvalue weighted by Gasteiger charge is 2.39. The van der Waals surface area contributed by atoms with Crippen molar-refractivity contribution in [2.75, 3.05) is 6.61 Å². The molecule has 2 aliphatic rings. The summed E-state index contributed by atoms with van der Waals surface area (Å²) >= 11 is 1.85. The maximum atomic E-state index is 7.12. The van der Waals surface area contributed by atoms with Gasteiger partial charge in [-0.05, 0) is 54.7 Å². The lowest BCUT2D eigenvalue weighted by Gasteiger charge is -2.39. The van der Waals surface area contributed by atoms with E-state index in [-0.39, 0.29) is 18.1 Å². The number of imidazole rings is 2. The van der Waals surface area contributed by atoms with Crippen molar-refractivity contribution in [2.45, 2.75) is 37.9 Å². The van der Waals surface area contributed by atoms with Crippen molar-refractivity contribution in [1.82, 2.24) is 19.9 Å². The Morgan fingerprint density at radius 2 is 1.69 bits per heavy atom. The lowest BCUT2D eigenvalue weighted by molar-refractivity contribution is -0.0940. The molecule has 4 aromatic rings. The molecule has 7 heteroatoms. The fourth-order valence-corrected chi connectivity index (χ4v) is 6.11. The molecule has 0 fully saturated rings. The Bertz CT molecular complexity index is 1150. The van der Waals surface area contributed by atoms with E-state index in [4.69, 9.17) is 9.47 Å². The monoisotopic (exact) mass is 446 g/mol. The van der Waals surface area contributed by atoms with E-state index >= 15 is 0 Å². The molecule has 164 valence electrons. The van der Waals surface area contributed by atoms with Gasteiger partial charge >= 0.3 is 0 Å². The third-order valence-electron chi connectivity index (χ3n) is 6.73. The Balaban J connectivity index is 1.34. The summed E-state index contributed by atoms with van der Waals surface area (Å²) in [7, 11) is 0. The van der Waals surface area contributed by atoms with Crippen molar-refractivity contribution in [3.8, 4) is 5.75 Å². The molecule has 0 saturated heterocycles. The number of hydrogen-bond donors (Lipinski definition) is 2. The van der Waals surface area contributed by atoms with Gasteiger partial charge in [0.05, 0.1) is 31.5 Å². The summed E-state index contributed by atoms with van der Waals surface area (Å²) in [5.41, 5.74) is 4.78. The summed E-state index contributed by atoms with van der Waals surface area (Å²) in [5, 5.41) is 2.21. The fourth-order valence-electron chi connectivity index (χ4n) is 5.17. The van der Waals surface area contributed by atoms with E-state index in [1.54, 1.807) is 12.7 Å². The number of aromatic nitrogens is 4. The predicted molar refractivity (Wildman–Crippen MR) is 123 cm³/mol. The molecule has 2 N–H and O–H groups in total. The molecule has 6 nitrogen and oxygen atoms in total. The van der Waals surface area contributed by atoms with Crippen LogP contribution in [0.4, 0.5) is 0 Å². The van der Waals surface area contributed by atoms with E-state index in [2.05, 4.69) is 49.6 Å². The molecule has 4 unspecified atom stereocenters. The van der Waals surface area contributed by atoms with Gasteiger partial charge in [-0.2, -0.15) is 0 Å². The van der Waals surface area contributed by atoms with Crippen LogP contribution < -0.4 is 4.74 Å². The third-order valence-corrected chi connectivity index (χ3v) is 7.73. The average molecular weight is 447 g/mol. The second kappa shape index (κ2) is 8.56. The van der Waals surface area contributed by atoms with Crippen LogP contribution in [0.3, 0.4) is 0 Å². The predicted octanol–water partition coefficient (Wildman–Crippen LogP) is 5.05. The van der Waals surface area contributed by atoms with Gasteiger partial charge in [0.1, 0.15) is 5.75 Å². The van der Waals surface area contributed by atoms with E-state index in [1.165, 1.54) is 16.1 Å². The van der Waals surface area contributed by atoms with Crippen LogP contribution in [-0.4, -0.2) is 26.5 Å². The first-order valence-corrected chi connectivity index (χ1v) is 12.1. The van der Waals surface area contributed by atoms with Gasteiger partial charge < -0.3 is 19.4 Å². The fraction of sp³-hybridized carbons (Fsp3) is 0.360. The van der Waals surface area contributed by atoms with Gasteiger partial charge in [0, 0.05) is 40.1 Å². The number of aromatic amines is 2. The zero-order chi connectivity index (χ0) is 21.3. The topological polar surface area (TPSA) is 75.8 Å². The van der Waals surface area contributed by atoms with Crippen molar-refractivity contribution < 1.29 is 9.47 Å². The van der Waals surface area contributed by atoms with Crippen molar-refractivity contribution >= 4 is 11.3 Å². The molecule has 1 aliphatic carbocycles. The van der Waals surface area contributed by atoms with E-state index in [0.29, 0.717) is 12.5 Å². The minimum atomic E-state index is -0.0385. The largest absolute Gasteiger partial charge is 0.493 e. The lowest BCUT2D eigenvalue weighted by atomic mass is 9.82. The number of rotatable bonds is 6. The smallest absolute Gasteiger partial charge is 0.125 e. The molecule has 4 heterocycles. The maximum Gasteiger partial charge on any atom is 0.125 e. The Morgan fingerprint density at radius 3 is 2.47 bits per heavy atom. The molecule has 0 saturated carbocycles. The van der Waals surface area contributed by atoms with Crippen LogP contribution in [-0.2, 0) is 24.0 Å². The highest BCUT2D eigenvalue weighted by molar-refractivity contribution is 7.10. The normalized spacial score (nSPS) is 24.5. The minimum Gasteiger partial charge on any atom is -0.493 e. The first kappa shape index (κ1) is 19.8.